The molecule has 1 aliphatic rings. The summed E-state index contributed by atoms with van der Waals surface area (Å²) >= 11 is 3.82. The van der Waals surface area contributed by atoms with Gasteiger partial charge in [0, 0.05) is 6.04 Å². The van der Waals surface area contributed by atoms with E-state index in [1.807, 2.05) is 35.7 Å². The Morgan fingerprint density at radius 3 is 2.27 bits per heavy atom. The fourth-order valence-electron chi connectivity index (χ4n) is 2.25. The smallest absolute Gasteiger partial charge is 0.338 e. The molecule has 6 nitrogen and oxygen atoms in total. The van der Waals surface area contributed by atoms with Crippen LogP contribution in [0.2, 0.25) is 0 Å². The summed E-state index contributed by atoms with van der Waals surface area (Å²) < 4.78 is 5.55. The highest BCUT2D eigenvalue weighted by molar-refractivity contribution is 8.16. The lowest BCUT2D eigenvalue weighted by Crippen LogP contribution is -2.46. The molecular weight excluding hydrogens is 372 g/mol. The molecule has 0 bridgehead atoms. The number of amides is 3. The van der Waals surface area contributed by atoms with Gasteiger partial charge < -0.3 is 10.1 Å². The van der Waals surface area contributed by atoms with E-state index in [9.17, 15) is 14.4 Å². The number of benzene rings is 1. The third kappa shape index (κ3) is 6.25. The van der Waals surface area contributed by atoms with E-state index in [1.165, 1.54) is 18.9 Å². The quantitative estimate of drug-likeness (QED) is 0.743. The highest BCUT2D eigenvalue weighted by atomic mass is 32.2. The Morgan fingerprint density at radius 2 is 1.69 bits per heavy atom. The van der Waals surface area contributed by atoms with E-state index in [0.29, 0.717) is 10.1 Å². The molecule has 1 fully saturated rings. The van der Waals surface area contributed by atoms with E-state index >= 15 is 0 Å². The Bertz CT molecular complexity index is 643. The van der Waals surface area contributed by atoms with E-state index < -0.39 is 24.0 Å². The Balaban J connectivity index is 1.88. The largest absolute Gasteiger partial charge is 0.449 e. The van der Waals surface area contributed by atoms with E-state index in [2.05, 4.69) is 10.6 Å². The number of esters is 1. The predicted molar refractivity (Wildman–Crippen MR) is 105 cm³/mol. The molecule has 2 N–H and O–H groups in total. The maximum absolute atomic E-state index is 12.2. The van der Waals surface area contributed by atoms with Crippen LogP contribution in [0.15, 0.2) is 24.3 Å². The summed E-state index contributed by atoms with van der Waals surface area (Å²) in [4.78, 5) is 35.6. The van der Waals surface area contributed by atoms with Crippen LogP contribution in [0.3, 0.4) is 0 Å². The number of imide groups is 1. The SMILES string of the molecule is CC(C)NC(=O)NC(=O)[C@@H](C)OC(=O)c1ccc(C2SCCCS2)cc1. The second-order valence-electron chi connectivity index (χ2n) is 6.21. The molecule has 0 aliphatic carbocycles. The summed E-state index contributed by atoms with van der Waals surface area (Å²) in [5.74, 6) is 1.05. The third-order valence-electron chi connectivity index (χ3n) is 3.56. The van der Waals surface area contributed by atoms with Gasteiger partial charge in [-0.2, -0.15) is 0 Å². The number of carbonyl (C=O) groups is 3. The van der Waals surface area contributed by atoms with E-state index in [-0.39, 0.29) is 6.04 Å². The van der Waals surface area contributed by atoms with E-state index in [4.69, 9.17) is 4.74 Å². The highest BCUT2D eigenvalue weighted by Gasteiger charge is 2.22. The average Bonchev–Trinajstić information content (AvgIpc) is 2.61. The van der Waals surface area contributed by atoms with Crippen LogP contribution in [0.5, 0.6) is 0 Å². The standard InChI is InChI=1S/C18H24N2O4S2/c1-11(2)19-18(23)20-15(21)12(3)24-16(22)13-5-7-14(8-6-13)17-25-9-4-10-26-17/h5-8,11-12,17H,4,9-10H2,1-3H3,(H2,19,20,21,23)/t12-/m1/s1. The van der Waals surface area contributed by atoms with Gasteiger partial charge in [-0.15, -0.1) is 23.5 Å². The molecule has 0 spiro atoms. The summed E-state index contributed by atoms with van der Waals surface area (Å²) in [6.45, 7) is 4.99. The van der Waals surface area contributed by atoms with Gasteiger partial charge in [-0.1, -0.05) is 12.1 Å². The van der Waals surface area contributed by atoms with Gasteiger partial charge in [0.2, 0.25) is 0 Å². The Labute approximate surface area is 162 Å². The predicted octanol–water partition coefficient (Wildman–Crippen LogP) is 3.33. The summed E-state index contributed by atoms with van der Waals surface area (Å²) in [6, 6.07) is 6.56. The van der Waals surface area contributed by atoms with Crippen LogP contribution in [-0.4, -0.2) is 41.6 Å². The van der Waals surface area contributed by atoms with Crippen molar-refractivity contribution in [3.05, 3.63) is 35.4 Å². The molecule has 8 heteroatoms. The molecule has 142 valence electrons. The minimum Gasteiger partial charge on any atom is -0.449 e. The molecule has 1 saturated heterocycles. The van der Waals surface area contributed by atoms with Gasteiger partial charge in [-0.05, 0) is 56.4 Å². The monoisotopic (exact) mass is 396 g/mol. The molecule has 1 aliphatic heterocycles. The molecule has 1 heterocycles. The van der Waals surface area contributed by atoms with Gasteiger partial charge in [-0.3, -0.25) is 10.1 Å². The van der Waals surface area contributed by atoms with Crippen LogP contribution in [0.25, 0.3) is 0 Å². The van der Waals surface area contributed by atoms with Crippen molar-refractivity contribution >= 4 is 41.4 Å². The normalized spacial score (nSPS) is 16.0. The van der Waals surface area contributed by atoms with Gasteiger partial charge in [0.15, 0.2) is 6.10 Å². The van der Waals surface area contributed by atoms with Gasteiger partial charge in [0.25, 0.3) is 5.91 Å². The number of urea groups is 1. The van der Waals surface area contributed by atoms with Crippen LogP contribution in [-0.2, 0) is 9.53 Å². The van der Waals surface area contributed by atoms with Crippen molar-refractivity contribution < 1.29 is 19.1 Å². The first-order valence-electron chi connectivity index (χ1n) is 8.52. The molecular formula is C18H24N2O4S2. The number of nitrogens with one attached hydrogen (secondary N) is 2. The zero-order valence-electron chi connectivity index (χ0n) is 15.1. The summed E-state index contributed by atoms with van der Waals surface area (Å²) in [5, 5.41) is 4.68. The number of thioether (sulfide) groups is 2. The van der Waals surface area contributed by atoms with Crippen LogP contribution >= 0.6 is 23.5 Å². The summed E-state index contributed by atoms with van der Waals surface area (Å²) in [5.41, 5.74) is 1.55. The maximum Gasteiger partial charge on any atom is 0.338 e. The van der Waals surface area contributed by atoms with Gasteiger partial charge in [-0.25, -0.2) is 9.59 Å². The molecule has 1 aromatic carbocycles. The average molecular weight is 397 g/mol. The van der Waals surface area contributed by atoms with Crippen molar-refractivity contribution in [2.24, 2.45) is 0 Å². The second-order valence-corrected chi connectivity index (χ2v) is 8.94. The topological polar surface area (TPSA) is 84.5 Å². The van der Waals surface area contributed by atoms with E-state index in [0.717, 1.165) is 11.5 Å². The zero-order chi connectivity index (χ0) is 19.1. The Morgan fingerprint density at radius 1 is 1.08 bits per heavy atom. The molecule has 1 atom stereocenters. The van der Waals surface area contributed by atoms with Crippen molar-refractivity contribution in [3.8, 4) is 0 Å². The van der Waals surface area contributed by atoms with Crippen molar-refractivity contribution in [3.63, 3.8) is 0 Å². The molecule has 0 aromatic heterocycles. The van der Waals surface area contributed by atoms with Gasteiger partial charge in [0.1, 0.15) is 0 Å². The van der Waals surface area contributed by atoms with Crippen molar-refractivity contribution in [2.45, 2.75) is 43.9 Å². The molecule has 0 radical (unpaired) electrons. The minimum absolute atomic E-state index is 0.0975. The maximum atomic E-state index is 12.2. The van der Waals surface area contributed by atoms with Crippen molar-refractivity contribution in [1.82, 2.24) is 10.6 Å². The first-order valence-corrected chi connectivity index (χ1v) is 10.6. The molecule has 2 rings (SSSR count). The second kappa shape index (κ2) is 9.87. The number of rotatable bonds is 5. The van der Waals surface area contributed by atoms with E-state index in [1.54, 1.807) is 26.0 Å². The zero-order valence-corrected chi connectivity index (χ0v) is 16.7. The molecule has 0 saturated carbocycles. The highest BCUT2D eigenvalue weighted by Crippen LogP contribution is 2.43. The third-order valence-corrected chi connectivity index (χ3v) is 6.57. The fraction of sp³-hybridized carbons (Fsp3) is 0.500. The van der Waals surface area contributed by atoms with Crippen LogP contribution in [0.4, 0.5) is 4.79 Å². The molecule has 3 amide bonds. The number of carbonyl (C=O) groups excluding carboxylic acids is 3. The summed E-state index contributed by atoms with van der Waals surface area (Å²) in [6.07, 6.45) is 0.162. The molecule has 26 heavy (non-hydrogen) atoms. The lowest BCUT2D eigenvalue weighted by molar-refractivity contribution is -0.127. The van der Waals surface area contributed by atoms with Crippen LogP contribution in [0.1, 0.15) is 47.7 Å². The summed E-state index contributed by atoms with van der Waals surface area (Å²) in [7, 11) is 0. The number of ether oxygens (including phenoxy) is 1. The van der Waals surface area contributed by atoms with Crippen molar-refractivity contribution in [1.29, 1.82) is 0 Å². The number of hydrogen-bond donors (Lipinski definition) is 2. The Kier molecular flexibility index (Phi) is 7.84. The fourth-order valence-corrected chi connectivity index (χ4v) is 5.14. The minimum atomic E-state index is -1.07. The lowest BCUT2D eigenvalue weighted by Gasteiger charge is -2.21. The first kappa shape index (κ1) is 20.6. The molecule has 1 aromatic rings. The molecule has 0 unspecified atom stereocenters. The van der Waals surface area contributed by atoms with Crippen LogP contribution < -0.4 is 10.6 Å². The van der Waals surface area contributed by atoms with Crippen LogP contribution in [0, 0.1) is 0 Å². The lowest BCUT2D eigenvalue weighted by atomic mass is 10.1. The van der Waals surface area contributed by atoms with Crippen molar-refractivity contribution in [2.75, 3.05) is 11.5 Å². The van der Waals surface area contributed by atoms with Gasteiger partial charge >= 0.3 is 12.0 Å². The first-order chi connectivity index (χ1) is 12.4. The Hall–Kier alpha value is -1.67. The number of hydrogen-bond acceptors (Lipinski definition) is 6. The van der Waals surface area contributed by atoms with Gasteiger partial charge in [0.05, 0.1) is 10.1 Å².